The summed E-state index contributed by atoms with van der Waals surface area (Å²) in [6.45, 7) is 2.14. The second kappa shape index (κ2) is 7.87. The maximum atomic E-state index is 14.8. The summed E-state index contributed by atoms with van der Waals surface area (Å²) in [5.74, 6) is -0.120. The van der Waals surface area contributed by atoms with E-state index in [9.17, 15) is 13.9 Å². The Morgan fingerprint density at radius 1 is 1.19 bits per heavy atom. The minimum atomic E-state index is -1.20. The van der Waals surface area contributed by atoms with Crippen LogP contribution in [0.25, 0.3) is 11.8 Å². The van der Waals surface area contributed by atoms with Gasteiger partial charge in [0.2, 0.25) is 0 Å². The number of aromatic nitrogens is 2. The van der Waals surface area contributed by atoms with E-state index in [1.54, 1.807) is 35.3 Å². The molecule has 8 heteroatoms. The Hall–Kier alpha value is -3.52. The molecule has 1 N–H and O–H groups in total. The molecule has 1 aromatic heterocycles. The van der Waals surface area contributed by atoms with Crippen molar-refractivity contribution in [2.75, 3.05) is 13.2 Å². The third kappa shape index (κ3) is 3.36. The number of rotatable bonds is 4. The summed E-state index contributed by atoms with van der Waals surface area (Å²) in [7, 11) is 0. The molecule has 1 atom stereocenters. The summed E-state index contributed by atoms with van der Waals surface area (Å²) in [4.78, 5) is 11.8. The SMILES string of the molecule is Cc1cn(-c2ccc(C=C3CCCN4C3=NOC4(CO)c3ccc(F)cc3)cc2F)cn1. The number of aliphatic hydroxyl groups is 1. The van der Waals surface area contributed by atoms with E-state index in [4.69, 9.17) is 4.84 Å². The molecule has 0 radical (unpaired) electrons. The van der Waals surface area contributed by atoms with Gasteiger partial charge in [-0.1, -0.05) is 11.2 Å². The second-order valence-electron chi connectivity index (χ2n) is 8.01. The van der Waals surface area contributed by atoms with Crippen molar-refractivity contribution in [3.63, 3.8) is 0 Å². The lowest BCUT2D eigenvalue weighted by atomic mass is 9.95. The van der Waals surface area contributed by atoms with E-state index < -0.39 is 5.72 Å². The average molecular weight is 436 g/mol. The van der Waals surface area contributed by atoms with Crippen LogP contribution in [-0.2, 0) is 10.6 Å². The molecule has 0 spiro atoms. The van der Waals surface area contributed by atoms with E-state index in [0.717, 1.165) is 24.1 Å². The van der Waals surface area contributed by atoms with Crippen molar-refractivity contribution in [2.24, 2.45) is 5.16 Å². The molecule has 1 saturated heterocycles. The van der Waals surface area contributed by atoms with Gasteiger partial charge in [0.25, 0.3) is 5.72 Å². The fourth-order valence-electron chi connectivity index (χ4n) is 4.28. The standard InChI is InChI=1S/C24H22F2N4O2/c1-16-13-29(15-27-16)22-9-4-17(12-21(22)26)11-18-3-2-10-30-23(18)28-32-24(30,14-31)19-5-7-20(25)8-6-19/h4-9,11-13,15,31H,2-3,10,14H2,1H3. The lowest BCUT2D eigenvalue weighted by molar-refractivity contribution is -0.137. The molecule has 0 saturated carbocycles. The van der Waals surface area contributed by atoms with Gasteiger partial charge in [0.05, 0.1) is 17.7 Å². The molecule has 0 amide bonds. The number of hydrogen-bond acceptors (Lipinski definition) is 5. The molecule has 0 aliphatic carbocycles. The number of halogens is 2. The highest BCUT2D eigenvalue weighted by molar-refractivity contribution is 6.03. The van der Waals surface area contributed by atoms with Crippen LogP contribution in [0, 0.1) is 18.6 Å². The topological polar surface area (TPSA) is 62.9 Å². The minimum absolute atomic E-state index is 0.341. The largest absolute Gasteiger partial charge is 0.390 e. The second-order valence-corrected chi connectivity index (χ2v) is 8.01. The average Bonchev–Trinajstić information content (AvgIpc) is 3.39. The number of aliphatic hydroxyl groups excluding tert-OH is 1. The van der Waals surface area contributed by atoms with Crippen LogP contribution in [0.3, 0.4) is 0 Å². The molecule has 1 unspecified atom stereocenters. The molecule has 3 aromatic rings. The maximum Gasteiger partial charge on any atom is 0.260 e. The highest BCUT2D eigenvalue weighted by atomic mass is 19.1. The predicted octanol–water partition coefficient (Wildman–Crippen LogP) is 4.13. The molecule has 6 nitrogen and oxygen atoms in total. The van der Waals surface area contributed by atoms with Gasteiger partial charge in [0.1, 0.15) is 18.2 Å². The molecule has 3 heterocycles. The van der Waals surface area contributed by atoms with Gasteiger partial charge in [0, 0.05) is 18.3 Å². The summed E-state index contributed by atoms with van der Waals surface area (Å²) in [6, 6.07) is 10.9. The quantitative estimate of drug-likeness (QED) is 0.668. The smallest absolute Gasteiger partial charge is 0.260 e. The van der Waals surface area contributed by atoms with E-state index in [1.165, 1.54) is 18.2 Å². The zero-order valence-electron chi connectivity index (χ0n) is 17.5. The Bertz CT molecular complexity index is 1220. The van der Waals surface area contributed by atoms with Crippen LogP contribution in [0.2, 0.25) is 0 Å². The number of nitrogens with zero attached hydrogens (tertiary/aromatic N) is 4. The Kier molecular flexibility index (Phi) is 5.01. The van der Waals surface area contributed by atoms with Crippen LogP contribution >= 0.6 is 0 Å². The Morgan fingerprint density at radius 3 is 2.69 bits per heavy atom. The molecule has 2 aliphatic rings. The monoisotopic (exact) mass is 436 g/mol. The maximum absolute atomic E-state index is 14.8. The highest BCUT2D eigenvalue weighted by Gasteiger charge is 2.49. The first-order valence-electron chi connectivity index (χ1n) is 10.4. The van der Waals surface area contributed by atoms with Crippen molar-refractivity contribution in [3.8, 4) is 5.69 Å². The fraction of sp³-hybridized carbons (Fsp3) is 0.250. The van der Waals surface area contributed by atoms with Gasteiger partial charge >= 0.3 is 0 Å². The van der Waals surface area contributed by atoms with Crippen LogP contribution in [0.1, 0.15) is 29.7 Å². The Labute approximate surface area is 184 Å². The van der Waals surface area contributed by atoms with Crippen LogP contribution in [0.15, 0.2) is 65.7 Å². The predicted molar refractivity (Wildman–Crippen MR) is 116 cm³/mol. The number of amidine groups is 1. The molecule has 1 fully saturated rings. The minimum Gasteiger partial charge on any atom is -0.390 e. The highest BCUT2D eigenvalue weighted by Crippen LogP contribution is 2.40. The first-order chi connectivity index (χ1) is 15.5. The Balaban J connectivity index is 1.45. The molecule has 0 bridgehead atoms. The van der Waals surface area contributed by atoms with Gasteiger partial charge in [-0.05, 0) is 73.4 Å². The van der Waals surface area contributed by atoms with Crippen LogP contribution in [0.4, 0.5) is 8.78 Å². The van der Waals surface area contributed by atoms with Crippen LogP contribution < -0.4 is 0 Å². The molecule has 2 aromatic carbocycles. The number of piperidine rings is 1. The first kappa shape index (κ1) is 20.4. The molecule has 5 rings (SSSR count). The number of benzene rings is 2. The zero-order chi connectivity index (χ0) is 22.3. The van der Waals surface area contributed by atoms with E-state index in [2.05, 4.69) is 10.1 Å². The number of aryl methyl sites for hydroxylation is 1. The fourth-order valence-corrected chi connectivity index (χ4v) is 4.28. The number of fused-ring (bicyclic) bond motifs is 1. The number of imidazole rings is 1. The zero-order valence-corrected chi connectivity index (χ0v) is 17.5. The van der Waals surface area contributed by atoms with Crippen molar-refractivity contribution in [1.82, 2.24) is 14.5 Å². The van der Waals surface area contributed by atoms with E-state index in [0.29, 0.717) is 29.2 Å². The van der Waals surface area contributed by atoms with Gasteiger partial charge in [-0.25, -0.2) is 13.8 Å². The van der Waals surface area contributed by atoms with Gasteiger partial charge in [-0.15, -0.1) is 0 Å². The van der Waals surface area contributed by atoms with E-state index >= 15 is 0 Å². The van der Waals surface area contributed by atoms with Gasteiger partial charge in [-0.3, -0.25) is 0 Å². The van der Waals surface area contributed by atoms with E-state index in [1.807, 2.05) is 24.0 Å². The van der Waals surface area contributed by atoms with Crippen molar-refractivity contribution in [2.45, 2.75) is 25.5 Å². The van der Waals surface area contributed by atoms with Crippen LogP contribution in [0.5, 0.6) is 0 Å². The lowest BCUT2D eigenvalue weighted by Crippen LogP contribution is -2.51. The third-order valence-electron chi connectivity index (χ3n) is 5.90. The molecule has 2 aliphatic heterocycles. The van der Waals surface area contributed by atoms with Gasteiger partial charge < -0.3 is 19.4 Å². The summed E-state index contributed by atoms with van der Waals surface area (Å²) >= 11 is 0. The summed E-state index contributed by atoms with van der Waals surface area (Å²) in [5, 5.41) is 14.5. The van der Waals surface area contributed by atoms with Crippen molar-refractivity contribution in [1.29, 1.82) is 0 Å². The number of oxime groups is 1. The van der Waals surface area contributed by atoms with Crippen molar-refractivity contribution >= 4 is 11.9 Å². The molecule has 164 valence electrons. The van der Waals surface area contributed by atoms with E-state index in [-0.39, 0.29) is 18.2 Å². The van der Waals surface area contributed by atoms with Crippen molar-refractivity contribution < 1.29 is 18.7 Å². The number of hydrogen-bond donors (Lipinski definition) is 1. The summed E-state index contributed by atoms with van der Waals surface area (Å²) in [6.07, 6.45) is 6.79. The molecule has 32 heavy (non-hydrogen) atoms. The third-order valence-corrected chi connectivity index (χ3v) is 5.90. The van der Waals surface area contributed by atoms with Crippen LogP contribution in [-0.4, -0.2) is 38.5 Å². The Morgan fingerprint density at radius 2 is 2.00 bits per heavy atom. The summed E-state index contributed by atoms with van der Waals surface area (Å²) < 4.78 is 29.9. The lowest BCUT2D eigenvalue weighted by Gasteiger charge is -2.38. The normalized spacial score (nSPS) is 21.4. The van der Waals surface area contributed by atoms with Gasteiger partial charge in [0.15, 0.2) is 5.84 Å². The van der Waals surface area contributed by atoms with Gasteiger partial charge in [-0.2, -0.15) is 0 Å². The molecular weight excluding hydrogens is 414 g/mol. The molecular formula is C24H22F2N4O2. The summed E-state index contributed by atoms with van der Waals surface area (Å²) in [5.41, 5.74) is 2.25. The van der Waals surface area contributed by atoms with Crippen molar-refractivity contribution in [3.05, 3.63) is 89.0 Å². The first-order valence-corrected chi connectivity index (χ1v) is 10.4.